The quantitative estimate of drug-likeness (QED) is 0.870. The second kappa shape index (κ2) is 5.63. The third kappa shape index (κ3) is 3.06. The Hall–Kier alpha value is -0.900. The molecule has 1 aliphatic carbocycles. The smallest absolute Gasteiger partial charge is 0.146 e. The second-order valence-electron chi connectivity index (χ2n) is 5.38. The summed E-state index contributed by atoms with van der Waals surface area (Å²) >= 11 is 0. The van der Waals surface area contributed by atoms with Gasteiger partial charge in [-0.15, -0.1) is 10.2 Å². The van der Waals surface area contributed by atoms with Crippen LogP contribution in [0.4, 0.5) is 0 Å². The zero-order valence-electron chi connectivity index (χ0n) is 11.2. The maximum absolute atomic E-state index is 4.17. The lowest BCUT2D eigenvalue weighted by Gasteiger charge is -2.28. The van der Waals surface area contributed by atoms with Gasteiger partial charge < -0.3 is 9.88 Å². The number of nitrogens with zero attached hydrogens (tertiary/aromatic N) is 3. The molecular weight excluding hydrogens is 212 g/mol. The van der Waals surface area contributed by atoms with Crippen molar-refractivity contribution < 1.29 is 0 Å². The van der Waals surface area contributed by atoms with Crippen LogP contribution >= 0.6 is 0 Å². The van der Waals surface area contributed by atoms with Gasteiger partial charge in [0.2, 0.25) is 0 Å². The van der Waals surface area contributed by atoms with Crippen molar-refractivity contribution in [2.24, 2.45) is 18.9 Å². The molecule has 0 aromatic carbocycles. The lowest BCUT2D eigenvalue weighted by molar-refractivity contribution is 0.247. The molecule has 1 aromatic rings. The van der Waals surface area contributed by atoms with Gasteiger partial charge in [0.05, 0.1) is 6.54 Å². The fraction of sp³-hybridized carbons (Fsp3) is 0.846. The Balaban J connectivity index is 1.77. The summed E-state index contributed by atoms with van der Waals surface area (Å²) in [6, 6.07) is 0. The Morgan fingerprint density at radius 3 is 2.71 bits per heavy atom. The van der Waals surface area contributed by atoms with Gasteiger partial charge in [-0.1, -0.05) is 26.2 Å². The number of hydrogen-bond acceptors (Lipinski definition) is 3. The zero-order valence-corrected chi connectivity index (χ0v) is 11.2. The average Bonchev–Trinajstić information content (AvgIpc) is 2.63. The molecule has 1 aliphatic rings. The summed E-state index contributed by atoms with van der Waals surface area (Å²) in [7, 11) is 2.02. The molecule has 2 atom stereocenters. The predicted octanol–water partition coefficient (Wildman–Crippen LogP) is 2.04. The molecule has 1 fully saturated rings. The van der Waals surface area contributed by atoms with Crippen LogP contribution in [0.25, 0.3) is 0 Å². The third-order valence-electron chi connectivity index (χ3n) is 4.16. The monoisotopic (exact) mass is 236 g/mol. The Kier molecular flexibility index (Phi) is 4.15. The van der Waals surface area contributed by atoms with Gasteiger partial charge in [-0.05, 0) is 31.7 Å². The number of aromatic nitrogens is 3. The van der Waals surface area contributed by atoms with E-state index in [0.717, 1.165) is 36.6 Å². The van der Waals surface area contributed by atoms with Crippen molar-refractivity contribution in [1.82, 2.24) is 20.1 Å². The van der Waals surface area contributed by atoms with Gasteiger partial charge in [0.25, 0.3) is 0 Å². The van der Waals surface area contributed by atoms with Crippen LogP contribution in [-0.2, 0) is 13.6 Å². The second-order valence-corrected chi connectivity index (χ2v) is 5.38. The van der Waals surface area contributed by atoms with Crippen LogP contribution in [0.2, 0.25) is 0 Å². The van der Waals surface area contributed by atoms with Gasteiger partial charge in [0.15, 0.2) is 0 Å². The van der Waals surface area contributed by atoms with E-state index in [0.29, 0.717) is 0 Å². The van der Waals surface area contributed by atoms with E-state index < -0.39 is 0 Å². The van der Waals surface area contributed by atoms with Crippen molar-refractivity contribution in [2.45, 2.75) is 46.1 Å². The number of aryl methyl sites for hydroxylation is 1. The number of nitrogens with one attached hydrogen (secondary N) is 1. The molecule has 96 valence electrons. The van der Waals surface area contributed by atoms with Crippen LogP contribution in [0.3, 0.4) is 0 Å². The minimum atomic E-state index is 0.834. The average molecular weight is 236 g/mol. The van der Waals surface area contributed by atoms with E-state index in [1.54, 1.807) is 0 Å². The van der Waals surface area contributed by atoms with Crippen molar-refractivity contribution >= 4 is 0 Å². The van der Waals surface area contributed by atoms with Crippen molar-refractivity contribution in [1.29, 1.82) is 0 Å². The summed E-state index contributed by atoms with van der Waals surface area (Å²) in [5, 5.41) is 11.8. The van der Waals surface area contributed by atoms with Crippen molar-refractivity contribution in [3.05, 3.63) is 11.6 Å². The highest BCUT2D eigenvalue weighted by molar-refractivity contribution is 4.92. The standard InChI is InChI=1S/C13H24N4/c1-10-6-4-5-7-12(10)8-14-9-13-16-15-11(2)17(13)3/h10,12,14H,4-9H2,1-3H3. The zero-order chi connectivity index (χ0) is 12.3. The Morgan fingerprint density at radius 1 is 1.29 bits per heavy atom. The van der Waals surface area contributed by atoms with Crippen LogP contribution in [0.1, 0.15) is 44.3 Å². The first-order valence-electron chi connectivity index (χ1n) is 6.74. The van der Waals surface area contributed by atoms with Crippen LogP contribution in [0, 0.1) is 18.8 Å². The SMILES string of the molecule is Cc1nnc(CNCC2CCCCC2C)n1C. The molecular formula is C13H24N4. The predicted molar refractivity (Wildman–Crippen MR) is 68.6 cm³/mol. The van der Waals surface area contributed by atoms with E-state index in [-0.39, 0.29) is 0 Å². The summed E-state index contributed by atoms with van der Waals surface area (Å²) < 4.78 is 2.05. The van der Waals surface area contributed by atoms with E-state index in [4.69, 9.17) is 0 Å². The maximum atomic E-state index is 4.17. The van der Waals surface area contributed by atoms with Gasteiger partial charge in [-0.3, -0.25) is 0 Å². The van der Waals surface area contributed by atoms with Crippen LogP contribution in [0.15, 0.2) is 0 Å². The normalized spacial score (nSPS) is 25.1. The summed E-state index contributed by atoms with van der Waals surface area (Å²) in [5.41, 5.74) is 0. The molecule has 2 unspecified atom stereocenters. The van der Waals surface area contributed by atoms with Crippen LogP contribution in [0.5, 0.6) is 0 Å². The van der Waals surface area contributed by atoms with Crippen LogP contribution in [-0.4, -0.2) is 21.3 Å². The summed E-state index contributed by atoms with van der Waals surface area (Å²) in [6.07, 6.45) is 5.60. The maximum Gasteiger partial charge on any atom is 0.146 e. The molecule has 0 saturated heterocycles. The number of rotatable bonds is 4. The summed E-state index contributed by atoms with van der Waals surface area (Å²) in [4.78, 5) is 0. The number of hydrogen-bond donors (Lipinski definition) is 1. The van der Waals surface area contributed by atoms with Gasteiger partial charge in [0.1, 0.15) is 11.6 Å². The molecule has 0 spiro atoms. The Labute approximate surface area is 104 Å². The van der Waals surface area contributed by atoms with Crippen molar-refractivity contribution in [3.63, 3.8) is 0 Å². The molecule has 2 rings (SSSR count). The molecule has 4 heteroatoms. The Bertz CT molecular complexity index is 358. The molecule has 17 heavy (non-hydrogen) atoms. The molecule has 0 radical (unpaired) electrons. The lowest BCUT2D eigenvalue weighted by atomic mass is 9.80. The lowest BCUT2D eigenvalue weighted by Crippen LogP contribution is -2.29. The fourth-order valence-corrected chi connectivity index (χ4v) is 2.67. The molecule has 1 saturated carbocycles. The largest absolute Gasteiger partial charge is 0.317 e. The molecule has 0 bridgehead atoms. The van der Waals surface area contributed by atoms with Gasteiger partial charge in [-0.2, -0.15) is 0 Å². The topological polar surface area (TPSA) is 42.7 Å². The molecule has 1 heterocycles. The highest BCUT2D eigenvalue weighted by atomic mass is 15.3. The van der Waals surface area contributed by atoms with Crippen LogP contribution < -0.4 is 5.32 Å². The Morgan fingerprint density at radius 2 is 2.06 bits per heavy atom. The van der Waals surface area contributed by atoms with Gasteiger partial charge >= 0.3 is 0 Å². The van der Waals surface area contributed by atoms with E-state index >= 15 is 0 Å². The minimum absolute atomic E-state index is 0.834. The highest BCUT2D eigenvalue weighted by Crippen LogP contribution is 2.28. The van der Waals surface area contributed by atoms with Crippen molar-refractivity contribution in [2.75, 3.05) is 6.54 Å². The first-order chi connectivity index (χ1) is 8.18. The molecule has 1 N–H and O–H groups in total. The molecule has 4 nitrogen and oxygen atoms in total. The van der Waals surface area contributed by atoms with E-state index in [1.807, 2.05) is 14.0 Å². The molecule has 0 aliphatic heterocycles. The van der Waals surface area contributed by atoms with Gasteiger partial charge in [-0.25, -0.2) is 0 Å². The minimum Gasteiger partial charge on any atom is -0.317 e. The van der Waals surface area contributed by atoms with E-state index in [9.17, 15) is 0 Å². The first-order valence-corrected chi connectivity index (χ1v) is 6.74. The summed E-state index contributed by atoms with van der Waals surface area (Å²) in [5.74, 6) is 3.73. The third-order valence-corrected chi connectivity index (χ3v) is 4.16. The van der Waals surface area contributed by atoms with E-state index in [1.165, 1.54) is 25.7 Å². The van der Waals surface area contributed by atoms with Crippen molar-refractivity contribution in [3.8, 4) is 0 Å². The van der Waals surface area contributed by atoms with Gasteiger partial charge in [0, 0.05) is 7.05 Å². The highest BCUT2D eigenvalue weighted by Gasteiger charge is 2.20. The van der Waals surface area contributed by atoms with E-state index in [2.05, 4.69) is 27.0 Å². The molecule has 1 aromatic heterocycles. The first kappa shape index (κ1) is 12.6. The fourth-order valence-electron chi connectivity index (χ4n) is 2.67. The summed E-state index contributed by atoms with van der Waals surface area (Å²) in [6.45, 7) is 6.32. The molecule has 0 amide bonds.